The van der Waals surface area contributed by atoms with Gasteiger partial charge in [0.15, 0.2) is 0 Å². The van der Waals surface area contributed by atoms with Gasteiger partial charge < -0.3 is 10.3 Å². The molecule has 1 aromatic rings. The largest absolute Gasteiger partial charge is 0.347 e. The highest BCUT2D eigenvalue weighted by Gasteiger charge is 2.28. The van der Waals surface area contributed by atoms with Crippen LogP contribution in [0.2, 0.25) is 0 Å². The van der Waals surface area contributed by atoms with Crippen molar-refractivity contribution in [2.75, 3.05) is 0 Å². The molecule has 3 heteroatoms. The minimum atomic E-state index is 0.339. The minimum absolute atomic E-state index is 0.339. The maximum absolute atomic E-state index is 4.23. The third kappa shape index (κ3) is 2.10. The quantitative estimate of drug-likeness (QED) is 0.740. The molecule has 1 heterocycles. The van der Waals surface area contributed by atoms with Gasteiger partial charge >= 0.3 is 0 Å². The van der Waals surface area contributed by atoms with Gasteiger partial charge in [-0.2, -0.15) is 0 Å². The molecule has 72 valence electrons. The molecule has 13 heavy (non-hydrogen) atoms. The van der Waals surface area contributed by atoms with Crippen molar-refractivity contribution in [3.05, 3.63) is 18.2 Å². The summed E-state index contributed by atoms with van der Waals surface area (Å²) in [5, 5.41) is 3.55. The Balaban J connectivity index is 1.87. The highest BCUT2D eigenvalue weighted by molar-refractivity contribution is 4.95. The van der Waals surface area contributed by atoms with Crippen molar-refractivity contribution in [3.63, 3.8) is 0 Å². The third-order valence-corrected chi connectivity index (χ3v) is 2.77. The average molecular weight is 179 g/mol. The molecule has 0 saturated heterocycles. The van der Waals surface area contributed by atoms with Crippen LogP contribution < -0.4 is 5.32 Å². The molecular formula is C10H17N3. The van der Waals surface area contributed by atoms with Gasteiger partial charge in [-0.15, -0.1) is 0 Å². The molecule has 0 spiro atoms. The third-order valence-electron chi connectivity index (χ3n) is 2.77. The summed E-state index contributed by atoms with van der Waals surface area (Å²) in [4.78, 5) is 7.36. The summed E-state index contributed by atoms with van der Waals surface area (Å²) in [6.07, 6.45) is 6.45. The number of aromatic amines is 1. The van der Waals surface area contributed by atoms with Crippen LogP contribution in [0.1, 0.15) is 38.6 Å². The van der Waals surface area contributed by atoms with Crippen LogP contribution in [0.5, 0.6) is 0 Å². The van der Waals surface area contributed by atoms with Crippen molar-refractivity contribution in [1.29, 1.82) is 0 Å². The van der Waals surface area contributed by atoms with E-state index in [2.05, 4.69) is 29.1 Å². The van der Waals surface area contributed by atoms with Gasteiger partial charge in [-0.3, -0.25) is 0 Å². The lowest BCUT2D eigenvalue weighted by Crippen LogP contribution is -2.31. The van der Waals surface area contributed by atoms with E-state index in [-0.39, 0.29) is 0 Å². The predicted molar refractivity (Wildman–Crippen MR) is 52.3 cm³/mol. The van der Waals surface area contributed by atoms with Crippen molar-refractivity contribution in [1.82, 2.24) is 15.3 Å². The zero-order chi connectivity index (χ0) is 9.26. The fourth-order valence-electron chi connectivity index (χ4n) is 1.72. The van der Waals surface area contributed by atoms with Crippen LogP contribution in [0, 0.1) is 5.92 Å². The summed E-state index contributed by atoms with van der Waals surface area (Å²) in [7, 11) is 0. The number of hydrogen-bond donors (Lipinski definition) is 2. The molecule has 1 aromatic heterocycles. The lowest BCUT2D eigenvalue weighted by molar-refractivity contribution is 0.431. The van der Waals surface area contributed by atoms with E-state index in [9.17, 15) is 0 Å². The van der Waals surface area contributed by atoms with Gasteiger partial charge in [0.1, 0.15) is 5.82 Å². The monoisotopic (exact) mass is 179 g/mol. The van der Waals surface area contributed by atoms with Crippen molar-refractivity contribution >= 4 is 0 Å². The highest BCUT2D eigenvalue weighted by Crippen LogP contribution is 2.33. The molecule has 0 aromatic carbocycles. The van der Waals surface area contributed by atoms with Crippen LogP contribution in [-0.4, -0.2) is 16.0 Å². The topological polar surface area (TPSA) is 40.7 Å². The van der Waals surface area contributed by atoms with Crippen LogP contribution in [0.4, 0.5) is 0 Å². The Morgan fingerprint density at radius 3 is 2.85 bits per heavy atom. The average Bonchev–Trinajstić information content (AvgIpc) is 2.81. The van der Waals surface area contributed by atoms with Crippen LogP contribution >= 0.6 is 0 Å². The Morgan fingerprint density at radius 1 is 1.54 bits per heavy atom. The van der Waals surface area contributed by atoms with Crippen molar-refractivity contribution in [2.45, 2.75) is 38.8 Å². The molecule has 1 saturated carbocycles. The molecule has 0 bridgehead atoms. The van der Waals surface area contributed by atoms with Gasteiger partial charge in [0.25, 0.3) is 0 Å². The van der Waals surface area contributed by atoms with Crippen LogP contribution in [-0.2, 0) is 0 Å². The Morgan fingerprint density at radius 2 is 2.31 bits per heavy atom. The van der Waals surface area contributed by atoms with E-state index in [1.165, 1.54) is 12.8 Å². The first kappa shape index (κ1) is 8.75. The number of hydrogen-bond acceptors (Lipinski definition) is 2. The van der Waals surface area contributed by atoms with Gasteiger partial charge in [-0.05, 0) is 32.6 Å². The van der Waals surface area contributed by atoms with Crippen molar-refractivity contribution in [2.24, 2.45) is 5.92 Å². The number of H-pyrrole nitrogens is 1. The summed E-state index contributed by atoms with van der Waals surface area (Å²) in [5.74, 6) is 1.94. The van der Waals surface area contributed by atoms with E-state index in [1.54, 1.807) is 6.20 Å². The summed E-state index contributed by atoms with van der Waals surface area (Å²) >= 11 is 0. The fraction of sp³-hybridized carbons (Fsp3) is 0.700. The molecule has 2 rings (SSSR count). The van der Waals surface area contributed by atoms with Gasteiger partial charge in [-0.1, -0.05) is 0 Å². The first-order valence-corrected chi connectivity index (χ1v) is 5.02. The molecule has 0 amide bonds. The molecule has 1 fully saturated rings. The Bertz CT molecular complexity index is 251. The Kier molecular flexibility index (Phi) is 2.36. The van der Waals surface area contributed by atoms with Crippen LogP contribution in [0.3, 0.4) is 0 Å². The summed E-state index contributed by atoms with van der Waals surface area (Å²) in [6, 6.07) is 0.964. The SMILES string of the molecule is CC(NC(C)C1CC1)c1ncc[nH]1. The number of aromatic nitrogens is 2. The van der Waals surface area contributed by atoms with E-state index in [0.717, 1.165) is 11.7 Å². The van der Waals surface area contributed by atoms with E-state index in [0.29, 0.717) is 12.1 Å². The number of nitrogens with zero attached hydrogens (tertiary/aromatic N) is 1. The molecule has 0 aliphatic heterocycles. The van der Waals surface area contributed by atoms with E-state index < -0.39 is 0 Å². The second-order valence-electron chi connectivity index (χ2n) is 3.99. The van der Waals surface area contributed by atoms with Crippen LogP contribution in [0.25, 0.3) is 0 Å². The highest BCUT2D eigenvalue weighted by atomic mass is 15.0. The molecule has 3 nitrogen and oxygen atoms in total. The van der Waals surface area contributed by atoms with Crippen molar-refractivity contribution < 1.29 is 0 Å². The first-order chi connectivity index (χ1) is 6.27. The van der Waals surface area contributed by atoms with Gasteiger partial charge in [0, 0.05) is 18.4 Å². The molecule has 2 atom stereocenters. The summed E-state index contributed by atoms with van der Waals surface area (Å²) in [6.45, 7) is 4.41. The number of imidazole rings is 1. The molecule has 0 radical (unpaired) electrons. The molecular weight excluding hydrogens is 162 g/mol. The normalized spacial score (nSPS) is 21.4. The molecule has 1 aliphatic rings. The van der Waals surface area contributed by atoms with E-state index in [1.807, 2.05) is 6.20 Å². The molecule has 2 N–H and O–H groups in total. The zero-order valence-electron chi connectivity index (χ0n) is 8.25. The smallest absolute Gasteiger partial charge is 0.122 e. The Hall–Kier alpha value is -0.830. The summed E-state index contributed by atoms with van der Waals surface area (Å²) in [5.41, 5.74) is 0. The van der Waals surface area contributed by atoms with Crippen molar-refractivity contribution in [3.8, 4) is 0 Å². The lowest BCUT2D eigenvalue weighted by Gasteiger charge is -2.17. The predicted octanol–water partition coefficient (Wildman–Crippen LogP) is 1.86. The fourth-order valence-corrected chi connectivity index (χ4v) is 1.72. The van der Waals surface area contributed by atoms with Gasteiger partial charge in [-0.25, -0.2) is 4.98 Å². The minimum Gasteiger partial charge on any atom is -0.347 e. The lowest BCUT2D eigenvalue weighted by atomic mass is 10.2. The second-order valence-corrected chi connectivity index (χ2v) is 3.99. The van der Waals surface area contributed by atoms with Crippen LogP contribution in [0.15, 0.2) is 12.4 Å². The standard InChI is InChI=1S/C10H17N3/c1-7(9-3-4-9)13-8(2)10-11-5-6-12-10/h5-9,13H,3-4H2,1-2H3,(H,11,12). The first-order valence-electron chi connectivity index (χ1n) is 5.02. The van der Waals surface area contributed by atoms with E-state index in [4.69, 9.17) is 0 Å². The van der Waals surface area contributed by atoms with E-state index >= 15 is 0 Å². The maximum atomic E-state index is 4.23. The zero-order valence-corrected chi connectivity index (χ0v) is 8.25. The maximum Gasteiger partial charge on any atom is 0.122 e. The van der Waals surface area contributed by atoms with Gasteiger partial charge in [0.05, 0.1) is 6.04 Å². The van der Waals surface area contributed by atoms with Gasteiger partial charge in [0.2, 0.25) is 0 Å². The Labute approximate surface area is 79.0 Å². The second kappa shape index (κ2) is 3.50. The molecule has 2 unspecified atom stereocenters. The molecule has 1 aliphatic carbocycles. The number of nitrogens with one attached hydrogen (secondary N) is 2. The number of rotatable bonds is 4. The summed E-state index contributed by atoms with van der Waals surface area (Å²) < 4.78 is 0.